The van der Waals surface area contributed by atoms with E-state index in [1.54, 1.807) is 19.2 Å². The summed E-state index contributed by atoms with van der Waals surface area (Å²) in [6.07, 6.45) is 2.39. The van der Waals surface area contributed by atoms with Crippen molar-refractivity contribution < 1.29 is 23.7 Å². The van der Waals surface area contributed by atoms with E-state index in [4.69, 9.17) is 18.9 Å². The zero-order valence-electron chi connectivity index (χ0n) is 16.7. The zero-order chi connectivity index (χ0) is 20.2. The minimum atomic E-state index is -0.396. The first-order valence-corrected chi connectivity index (χ1v) is 10.4. The summed E-state index contributed by atoms with van der Waals surface area (Å²) < 4.78 is 22.8. The van der Waals surface area contributed by atoms with Crippen LogP contribution in [-0.4, -0.2) is 49.6 Å². The number of carbonyl (C=O) groups is 1. The molecule has 3 aliphatic heterocycles. The van der Waals surface area contributed by atoms with Gasteiger partial charge in [-0.3, -0.25) is 4.90 Å². The molecule has 1 aliphatic carbocycles. The summed E-state index contributed by atoms with van der Waals surface area (Å²) in [5, 5.41) is 0. The van der Waals surface area contributed by atoms with E-state index in [-0.39, 0.29) is 24.8 Å². The lowest BCUT2D eigenvalue weighted by Gasteiger charge is -2.34. The van der Waals surface area contributed by atoms with Crippen LogP contribution >= 0.6 is 0 Å². The number of ether oxygens (including phenoxy) is 4. The van der Waals surface area contributed by atoms with Crippen molar-refractivity contribution in [2.45, 2.75) is 37.1 Å². The highest BCUT2D eigenvalue weighted by molar-refractivity contribution is 5.89. The highest BCUT2D eigenvalue weighted by Crippen LogP contribution is 2.50. The molecule has 30 heavy (non-hydrogen) atoms. The quantitative estimate of drug-likeness (QED) is 0.577. The van der Waals surface area contributed by atoms with Gasteiger partial charge in [0, 0.05) is 32.2 Å². The van der Waals surface area contributed by atoms with Gasteiger partial charge in [0.25, 0.3) is 0 Å². The van der Waals surface area contributed by atoms with Gasteiger partial charge in [0.1, 0.15) is 6.10 Å². The fraction of sp³-hybridized carbons (Fsp3) is 0.375. The van der Waals surface area contributed by atoms with Crippen LogP contribution in [0.25, 0.3) is 0 Å². The summed E-state index contributed by atoms with van der Waals surface area (Å²) in [5.41, 5.74) is 4.47. The van der Waals surface area contributed by atoms with Crippen LogP contribution in [0.5, 0.6) is 11.5 Å². The van der Waals surface area contributed by atoms with Crippen molar-refractivity contribution in [2.75, 3.05) is 20.4 Å². The van der Waals surface area contributed by atoms with Crippen LogP contribution < -0.4 is 9.47 Å². The van der Waals surface area contributed by atoms with Crippen molar-refractivity contribution in [1.82, 2.24) is 4.90 Å². The van der Waals surface area contributed by atoms with Gasteiger partial charge in [0.05, 0.1) is 11.7 Å². The number of nitrogens with zero attached hydrogens (tertiary/aromatic N) is 1. The van der Waals surface area contributed by atoms with Crippen LogP contribution in [0.4, 0.5) is 0 Å². The largest absolute Gasteiger partial charge is 0.454 e. The van der Waals surface area contributed by atoms with Gasteiger partial charge in [-0.15, -0.1) is 0 Å². The van der Waals surface area contributed by atoms with Crippen LogP contribution in [0.2, 0.25) is 0 Å². The molecule has 4 aliphatic rings. The number of esters is 1. The predicted molar refractivity (Wildman–Crippen MR) is 109 cm³/mol. The molecule has 1 saturated heterocycles. The highest BCUT2D eigenvalue weighted by atomic mass is 16.7. The Morgan fingerprint density at radius 3 is 2.73 bits per heavy atom. The summed E-state index contributed by atoms with van der Waals surface area (Å²) in [6.45, 7) is 2.14. The summed E-state index contributed by atoms with van der Waals surface area (Å²) in [6, 6.07) is 13.7. The van der Waals surface area contributed by atoms with E-state index in [1.165, 1.54) is 16.7 Å². The molecule has 0 N–H and O–H groups in total. The third kappa shape index (κ3) is 2.75. The third-order valence-electron chi connectivity index (χ3n) is 6.76. The van der Waals surface area contributed by atoms with Gasteiger partial charge in [-0.05, 0) is 53.5 Å². The van der Waals surface area contributed by atoms with Gasteiger partial charge < -0.3 is 18.9 Å². The van der Waals surface area contributed by atoms with Crippen molar-refractivity contribution in [1.29, 1.82) is 0 Å². The highest BCUT2D eigenvalue weighted by Gasteiger charge is 2.47. The Bertz CT molecular complexity index is 1030. The molecular weight excluding hydrogens is 382 g/mol. The molecule has 6 rings (SSSR count). The molecule has 5 atom stereocenters. The van der Waals surface area contributed by atoms with Crippen molar-refractivity contribution in [3.8, 4) is 11.5 Å². The van der Waals surface area contributed by atoms with E-state index in [0.717, 1.165) is 31.0 Å². The Kier molecular flexibility index (Phi) is 4.11. The van der Waals surface area contributed by atoms with E-state index < -0.39 is 6.10 Å². The molecule has 0 spiro atoms. The van der Waals surface area contributed by atoms with Crippen LogP contribution in [0.15, 0.2) is 54.1 Å². The standard InChI is InChI=1S/C24H23NO5/c1-27-20-10-19-17(9-23(20)30-24(26)14-5-3-2-4-6-14)18-12-25(19)11-15-7-21-22(8-16(15)18)29-13-28-21/h2-9,18-20,23H,10-13H2,1H3/t18-,19-,20-,23-/m0/s1. The molecule has 1 unspecified atom stereocenters. The fourth-order valence-corrected chi connectivity index (χ4v) is 5.31. The van der Waals surface area contributed by atoms with E-state index in [1.807, 2.05) is 18.2 Å². The fourth-order valence-electron chi connectivity index (χ4n) is 5.31. The van der Waals surface area contributed by atoms with Gasteiger partial charge in [-0.1, -0.05) is 18.2 Å². The van der Waals surface area contributed by atoms with Gasteiger partial charge in [-0.2, -0.15) is 0 Å². The third-order valence-corrected chi connectivity index (χ3v) is 6.76. The Balaban J connectivity index is 1.34. The van der Waals surface area contributed by atoms with Crippen molar-refractivity contribution >= 4 is 5.97 Å². The molecular formula is C24H23NO5. The van der Waals surface area contributed by atoms with Crippen LogP contribution in [0.1, 0.15) is 33.8 Å². The predicted octanol–water partition coefficient (Wildman–Crippen LogP) is 3.27. The lowest BCUT2D eigenvalue weighted by molar-refractivity contribution is -0.0317. The summed E-state index contributed by atoms with van der Waals surface area (Å²) in [4.78, 5) is 15.2. The molecule has 0 amide bonds. The first-order valence-electron chi connectivity index (χ1n) is 10.4. The minimum Gasteiger partial charge on any atom is -0.454 e. The van der Waals surface area contributed by atoms with Crippen molar-refractivity contribution in [3.05, 3.63) is 70.8 Å². The monoisotopic (exact) mass is 405 g/mol. The second-order valence-electron chi connectivity index (χ2n) is 8.31. The SMILES string of the molecule is CO[C@H]1C[C@H]2C(=C[C@@H]1OC(=O)c1ccccc1)[C@H]1CN2Cc2cc3c(cc21)OCO3. The number of carbonyl (C=O) groups excluding carboxylic acids is 1. The normalized spacial score (nSPS) is 30.3. The average molecular weight is 405 g/mol. The van der Waals surface area contributed by atoms with Crippen molar-refractivity contribution in [3.63, 3.8) is 0 Å². The molecule has 154 valence electrons. The molecule has 2 aromatic rings. The van der Waals surface area contributed by atoms with Crippen molar-refractivity contribution in [2.24, 2.45) is 0 Å². The van der Waals surface area contributed by atoms with E-state index in [0.29, 0.717) is 11.6 Å². The lowest BCUT2D eigenvalue weighted by atomic mass is 9.82. The molecule has 6 nitrogen and oxygen atoms in total. The molecule has 0 saturated carbocycles. The smallest absolute Gasteiger partial charge is 0.338 e. The molecule has 2 aromatic carbocycles. The van der Waals surface area contributed by atoms with Gasteiger partial charge >= 0.3 is 5.97 Å². The molecule has 3 heterocycles. The zero-order valence-corrected chi connectivity index (χ0v) is 16.7. The Hall–Kier alpha value is -2.83. The van der Waals surface area contributed by atoms with Gasteiger partial charge in [-0.25, -0.2) is 4.79 Å². The number of fused-ring (bicyclic) bond motifs is 8. The number of hydrogen-bond acceptors (Lipinski definition) is 6. The van der Waals surface area contributed by atoms with Crippen LogP contribution in [0, 0.1) is 0 Å². The Morgan fingerprint density at radius 2 is 1.93 bits per heavy atom. The summed E-state index contributed by atoms with van der Waals surface area (Å²) >= 11 is 0. The minimum absolute atomic E-state index is 0.162. The molecule has 2 bridgehead atoms. The summed E-state index contributed by atoms with van der Waals surface area (Å²) in [5.74, 6) is 1.62. The van der Waals surface area contributed by atoms with E-state index in [9.17, 15) is 4.79 Å². The number of rotatable bonds is 3. The lowest BCUT2D eigenvalue weighted by Crippen LogP contribution is -2.42. The molecule has 6 heteroatoms. The van der Waals surface area contributed by atoms with Gasteiger partial charge in [0.2, 0.25) is 6.79 Å². The second-order valence-corrected chi connectivity index (χ2v) is 8.31. The topological polar surface area (TPSA) is 57.2 Å². The maximum absolute atomic E-state index is 12.7. The summed E-state index contributed by atoms with van der Waals surface area (Å²) in [7, 11) is 1.69. The average Bonchev–Trinajstić information content (AvgIpc) is 3.35. The second kappa shape index (κ2) is 6.86. The Morgan fingerprint density at radius 1 is 1.13 bits per heavy atom. The molecule has 0 radical (unpaired) electrons. The molecule has 1 fully saturated rings. The maximum atomic E-state index is 12.7. The number of benzene rings is 2. The van der Waals surface area contributed by atoms with Gasteiger partial charge in [0.15, 0.2) is 11.5 Å². The van der Waals surface area contributed by atoms with Crippen LogP contribution in [0.3, 0.4) is 0 Å². The number of methoxy groups -OCH3 is 1. The maximum Gasteiger partial charge on any atom is 0.338 e. The number of hydrogen-bond donors (Lipinski definition) is 0. The Labute approximate surface area is 175 Å². The molecule has 0 aromatic heterocycles. The van der Waals surface area contributed by atoms with Crippen LogP contribution in [-0.2, 0) is 16.0 Å². The first-order chi connectivity index (χ1) is 14.7. The van der Waals surface area contributed by atoms with E-state index >= 15 is 0 Å². The van der Waals surface area contributed by atoms with E-state index in [2.05, 4.69) is 23.1 Å². The first kappa shape index (κ1) is 18.0.